The van der Waals surface area contributed by atoms with E-state index in [4.69, 9.17) is 4.42 Å². The number of rotatable bonds is 6. The van der Waals surface area contributed by atoms with Crippen molar-refractivity contribution in [1.82, 2.24) is 0 Å². The minimum atomic E-state index is 0.934. The van der Waals surface area contributed by atoms with Crippen LogP contribution in [-0.2, 0) is 6.42 Å². The molecule has 0 aliphatic heterocycles. The summed E-state index contributed by atoms with van der Waals surface area (Å²) in [6.45, 7) is 0. The Morgan fingerprint density at radius 1 is 0.432 bits per heavy atom. The summed E-state index contributed by atoms with van der Waals surface area (Å²) in [7, 11) is 0. The lowest BCUT2D eigenvalue weighted by Crippen LogP contribution is -1.96. The molecule has 2 heteroatoms. The topological polar surface area (TPSA) is 25.2 Å². The first-order chi connectivity index (χ1) is 21.8. The molecule has 2 nitrogen and oxygen atoms in total. The first kappa shape index (κ1) is 26.1. The molecule has 0 fully saturated rings. The molecule has 1 heterocycles. The van der Waals surface area contributed by atoms with Crippen LogP contribution in [0.1, 0.15) is 23.3 Å². The van der Waals surface area contributed by atoms with Crippen LogP contribution in [0.25, 0.3) is 56.0 Å². The first-order valence-corrected chi connectivity index (χ1v) is 15.2. The molecule has 210 valence electrons. The van der Waals surface area contributed by atoms with Gasteiger partial charge in [0.2, 0.25) is 0 Å². The lowest BCUT2D eigenvalue weighted by Gasteiger charge is -2.13. The summed E-state index contributed by atoms with van der Waals surface area (Å²) >= 11 is 0. The standard InChI is InChI=1S/C42H31NO/c1-3-7-29(8-4-1)32-15-21-37(22-16-32)43-38-23-17-33(18-24-38)31-11-13-34(14-12-31)36-20-26-42-40(28-36)39-27-35(19-25-41(39)44-42)30-9-5-2-6-10-30/h1-18,20-24,26-28,43H,19,25H2. The van der Waals surface area contributed by atoms with Crippen LogP contribution < -0.4 is 5.32 Å². The van der Waals surface area contributed by atoms with E-state index in [0.29, 0.717) is 0 Å². The van der Waals surface area contributed by atoms with Crippen molar-refractivity contribution in [3.8, 4) is 33.4 Å². The van der Waals surface area contributed by atoms with E-state index in [0.717, 1.165) is 35.6 Å². The van der Waals surface area contributed by atoms with E-state index in [2.05, 4.69) is 157 Å². The summed E-state index contributed by atoms with van der Waals surface area (Å²) in [4.78, 5) is 0. The third-order valence-electron chi connectivity index (χ3n) is 8.61. The molecular formula is C42H31NO. The van der Waals surface area contributed by atoms with Gasteiger partial charge in [0, 0.05) is 28.7 Å². The molecule has 1 aliphatic rings. The third-order valence-corrected chi connectivity index (χ3v) is 8.61. The normalized spacial score (nSPS) is 12.5. The zero-order valence-corrected chi connectivity index (χ0v) is 24.3. The number of nitrogens with one attached hydrogen (secondary N) is 1. The minimum absolute atomic E-state index is 0.934. The Labute approximate surface area is 258 Å². The number of fused-ring (bicyclic) bond motifs is 3. The van der Waals surface area contributed by atoms with Gasteiger partial charge in [-0.1, -0.05) is 115 Å². The van der Waals surface area contributed by atoms with Crippen molar-refractivity contribution in [2.45, 2.75) is 12.8 Å². The van der Waals surface area contributed by atoms with Crippen molar-refractivity contribution in [2.75, 3.05) is 5.32 Å². The third kappa shape index (κ3) is 5.12. The van der Waals surface area contributed by atoms with Crippen LogP contribution in [-0.4, -0.2) is 0 Å². The smallest absolute Gasteiger partial charge is 0.134 e. The fourth-order valence-electron chi connectivity index (χ4n) is 6.21. The van der Waals surface area contributed by atoms with Gasteiger partial charge < -0.3 is 9.73 Å². The van der Waals surface area contributed by atoms with Crippen molar-refractivity contribution < 1.29 is 4.42 Å². The Hall–Kier alpha value is -5.60. The fraction of sp³-hybridized carbons (Fsp3) is 0.0476. The van der Waals surface area contributed by atoms with Gasteiger partial charge in [-0.3, -0.25) is 0 Å². The van der Waals surface area contributed by atoms with Crippen LogP contribution in [0.5, 0.6) is 0 Å². The summed E-state index contributed by atoms with van der Waals surface area (Å²) < 4.78 is 6.26. The Morgan fingerprint density at radius 3 is 1.50 bits per heavy atom. The van der Waals surface area contributed by atoms with Crippen molar-refractivity contribution in [2.24, 2.45) is 0 Å². The molecule has 7 aromatic rings. The SMILES string of the molecule is C1=C(c2ccccc2)CCc2oc3ccc(-c4ccc(-c5ccc(Nc6ccc(-c7ccccc7)cc6)cc5)cc4)cc3c21. The van der Waals surface area contributed by atoms with E-state index < -0.39 is 0 Å². The Bertz CT molecular complexity index is 2080. The first-order valence-electron chi connectivity index (χ1n) is 15.2. The van der Waals surface area contributed by atoms with Crippen molar-refractivity contribution in [1.29, 1.82) is 0 Å². The van der Waals surface area contributed by atoms with E-state index in [-0.39, 0.29) is 0 Å². The molecular weight excluding hydrogens is 534 g/mol. The van der Waals surface area contributed by atoms with Crippen LogP contribution in [0, 0.1) is 0 Å². The maximum atomic E-state index is 6.26. The van der Waals surface area contributed by atoms with Gasteiger partial charge >= 0.3 is 0 Å². The van der Waals surface area contributed by atoms with Crippen LogP contribution >= 0.6 is 0 Å². The van der Waals surface area contributed by atoms with Crippen molar-refractivity contribution >= 4 is 34.0 Å². The molecule has 0 saturated heterocycles. The average molecular weight is 566 g/mol. The highest BCUT2D eigenvalue weighted by Gasteiger charge is 2.19. The molecule has 1 aromatic heterocycles. The quantitative estimate of drug-likeness (QED) is 0.217. The van der Waals surface area contributed by atoms with E-state index >= 15 is 0 Å². The zero-order valence-electron chi connectivity index (χ0n) is 24.3. The number of allylic oxidation sites excluding steroid dienone is 1. The highest BCUT2D eigenvalue weighted by molar-refractivity contribution is 5.98. The summed E-state index contributed by atoms with van der Waals surface area (Å²) in [5.74, 6) is 1.09. The van der Waals surface area contributed by atoms with Gasteiger partial charge in [0.05, 0.1) is 0 Å². The molecule has 1 aliphatic carbocycles. The number of anilines is 2. The lowest BCUT2D eigenvalue weighted by molar-refractivity contribution is 0.548. The largest absolute Gasteiger partial charge is 0.460 e. The molecule has 0 atom stereocenters. The van der Waals surface area contributed by atoms with E-state index in [1.165, 1.54) is 55.5 Å². The molecule has 0 saturated carbocycles. The second-order valence-corrected chi connectivity index (χ2v) is 11.4. The van der Waals surface area contributed by atoms with E-state index in [9.17, 15) is 0 Å². The van der Waals surface area contributed by atoms with Gasteiger partial charge in [0.25, 0.3) is 0 Å². The molecule has 44 heavy (non-hydrogen) atoms. The number of benzene rings is 6. The summed E-state index contributed by atoms with van der Waals surface area (Å²) in [5.41, 5.74) is 14.2. The molecule has 1 N–H and O–H groups in total. The molecule has 0 spiro atoms. The molecule has 0 amide bonds. The number of furan rings is 1. The van der Waals surface area contributed by atoms with E-state index in [1.54, 1.807) is 0 Å². The molecule has 8 rings (SSSR count). The predicted molar refractivity (Wildman–Crippen MR) is 185 cm³/mol. The van der Waals surface area contributed by atoms with Gasteiger partial charge in [-0.25, -0.2) is 0 Å². The Morgan fingerprint density at radius 2 is 0.909 bits per heavy atom. The second-order valence-electron chi connectivity index (χ2n) is 11.4. The zero-order chi connectivity index (χ0) is 29.3. The maximum Gasteiger partial charge on any atom is 0.134 e. The van der Waals surface area contributed by atoms with Crippen LogP contribution in [0.15, 0.2) is 156 Å². The highest BCUT2D eigenvalue weighted by Crippen LogP contribution is 2.38. The summed E-state index contributed by atoms with van der Waals surface area (Å²) in [6, 6.07) is 53.8. The number of hydrogen-bond donors (Lipinski definition) is 1. The maximum absolute atomic E-state index is 6.26. The lowest BCUT2D eigenvalue weighted by atomic mass is 9.91. The Balaban J connectivity index is 0.994. The average Bonchev–Trinajstić information content (AvgIpc) is 3.47. The highest BCUT2D eigenvalue weighted by atomic mass is 16.3. The Kier molecular flexibility index (Phi) is 6.66. The van der Waals surface area contributed by atoms with Crippen LogP contribution in [0.4, 0.5) is 11.4 Å². The monoisotopic (exact) mass is 565 g/mol. The van der Waals surface area contributed by atoms with Gasteiger partial charge in [-0.15, -0.1) is 0 Å². The second kappa shape index (κ2) is 11.2. The number of hydrogen-bond acceptors (Lipinski definition) is 2. The van der Waals surface area contributed by atoms with Crippen LogP contribution in [0.2, 0.25) is 0 Å². The number of aryl methyl sites for hydroxylation is 1. The van der Waals surface area contributed by atoms with Gasteiger partial charge in [-0.2, -0.15) is 0 Å². The van der Waals surface area contributed by atoms with Crippen molar-refractivity contribution in [3.05, 3.63) is 169 Å². The summed E-state index contributed by atoms with van der Waals surface area (Å²) in [5, 5.41) is 4.71. The minimum Gasteiger partial charge on any atom is -0.460 e. The van der Waals surface area contributed by atoms with Crippen molar-refractivity contribution in [3.63, 3.8) is 0 Å². The van der Waals surface area contributed by atoms with E-state index in [1.807, 2.05) is 6.07 Å². The molecule has 0 radical (unpaired) electrons. The predicted octanol–water partition coefficient (Wildman–Crippen LogP) is 11.7. The van der Waals surface area contributed by atoms with Gasteiger partial charge in [0.1, 0.15) is 11.3 Å². The molecule has 0 unspecified atom stereocenters. The van der Waals surface area contributed by atoms with Gasteiger partial charge in [0.15, 0.2) is 0 Å². The fourth-order valence-corrected chi connectivity index (χ4v) is 6.21. The summed E-state index contributed by atoms with van der Waals surface area (Å²) in [6.07, 6.45) is 4.26. The van der Waals surface area contributed by atoms with Crippen LogP contribution in [0.3, 0.4) is 0 Å². The molecule has 6 aromatic carbocycles. The van der Waals surface area contributed by atoms with Gasteiger partial charge in [-0.05, 0) is 93.4 Å². The molecule has 0 bridgehead atoms.